The number of benzene rings is 2. The predicted octanol–water partition coefficient (Wildman–Crippen LogP) is 7.21. The Balaban J connectivity index is 0.000000449. The van der Waals surface area contributed by atoms with Gasteiger partial charge in [-0.2, -0.15) is 3.94 Å². The number of nitrogen functional groups attached to an aromatic ring is 1. The molecule has 4 N–H and O–H groups in total. The lowest BCUT2D eigenvalue weighted by atomic mass is 10.1. The predicted molar refractivity (Wildman–Crippen MR) is 157 cm³/mol. The standard InChI is InChI=1S/C21H29Cl2N3O2.C6H5Cl2N/c22-18-13-16(14-19(23)21(18)24)20(27)15-25-9-4-1-2-6-11-28-12-8-17-7-3-5-10-26-17;7-9(8)6-4-2-1-3-5-6/h3,5,7,10,13-14,20,25,27H,1-2,4,6,8-9,11-12,15,24H2;1-5H. The molecule has 0 fully saturated rings. The Hall–Kier alpha value is -1.77. The zero-order chi connectivity index (χ0) is 26.9. The number of hydrogen-bond acceptors (Lipinski definition) is 6. The molecule has 0 amide bonds. The fraction of sp³-hybridized carbons (Fsp3) is 0.370. The zero-order valence-corrected chi connectivity index (χ0v) is 23.7. The number of anilines is 2. The fourth-order valence-electron chi connectivity index (χ4n) is 3.33. The number of unbranched alkanes of at least 4 members (excludes halogenated alkanes) is 3. The molecule has 1 aromatic heterocycles. The van der Waals surface area contributed by atoms with Crippen LogP contribution in [0.1, 0.15) is 43.0 Å². The van der Waals surface area contributed by atoms with Gasteiger partial charge >= 0.3 is 0 Å². The van der Waals surface area contributed by atoms with Gasteiger partial charge in [-0.15, -0.1) is 0 Å². The molecule has 3 rings (SSSR count). The molecule has 1 unspecified atom stereocenters. The number of para-hydroxylation sites is 1. The van der Waals surface area contributed by atoms with Crippen molar-refractivity contribution in [2.45, 2.75) is 38.2 Å². The van der Waals surface area contributed by atoms with Gasteiger partial charge in [0, 0.05) is 55.0 Å². The van der Waals surface area contributed by atoms with Crippen LogP contribution in [0.15, 0.2) is 66.9 Å². The molecule has 0 aliphatic carbocycles. The Morgan fingerprint density at radius 2 is 1.59 bits per heavy atom. The summed E-state index contributed by atoms with van der Waals surface area (Å²) in [5.41, 5.74) is 8.57. The van der Waals surface area contributed by atoms with E-state index >= 15 is 0 Å². The van der Waals surface area contributed by atoms with Crippen LogP contribution in [0.3, 0.4) is 0 Å². The molecule has 2 aromatic carbocycles. The lowest BCUT2D eigenvalue weighted by Crippen LogP contribution is -2.22. The lowest BCUT2D eigenvalue weighted by Gasteiger charge is -2.14. The van der Waals surface area contributed by atoms with Crippen molar-refractivity contribution in [2.75, 3.05) is 36.0 Å². The largest absolute Gasteiger partial charge is 0.396 e. The molecule has 3 aromatic rings. The van der Waals surface area contributed by atoms with Gasteiger partial charge in [0.1, 0.15) is 0 Å². The van der Waals surface area contributed by atoms with Crippen LogP contribution in [-0.2, 0) is 11.2 Å². The summed E-state index contributed by atoms with van der Waals surface area (Å²) in [5, 5.41) is 14.2. The maximum Gasteiger partial charge on any atom is 0.0915 e. The number of ether oxygens (including phenoxy) is 1. The Morgan fingerprint density at radius 3 is 2.22 bits per heavy atom. The van der Waals surface area contributed by atoms with Crippen molar-refractivity contribution in [1.82, 2.24) is 10.3 Å². The Kier molecular flexibility index (Phi) is 15.7. The van der Waals surface area contributed by atoms with E-state index in [9.17, 15) is 5.11 Å². The maximum absolute atomic E-state index is 10.2. The van der Waals surface area contributed by atoms with Gasteiger partial charge in [-0.25, -0.2) is 0 Å². The van der Waals surface area contributed by atoms with E-state index in [1.54, 1.807) is 12.1 Å². The van der Waals surface area contributed by atoms with Crippen LogP contribution in [0.25, 0.3) is 0 Å². The van der Waals surface area contributed by atoms with Crippen molar-refractivity contribution in [1.29, 1.82) is 0 Å². The number of nitrogens with two attached hydrogens (primary N) is 1. The molecular formula is C27H34Cl4N4O2. The monoisotopic (exact) mass is 586 g/mol. The highest BCUT2D eigenvalue weighted by Crippen LogP contribution is 2.31. The number of nitrogens with one attached hydrogen (secondary N) is 1. The SMILES string of the molecule is ClN(Cl)c1ccccc1.Nc1c(Cl)cc(C(O)CNCCCCCCOCCc2ccccn2)cc1Cl. The summed E-state index contributed by atoms with van der Waals surface area (Å²) >= 11 is 22.8. The third kappa shape index (κ3) is 13.0. The van der Waals surface area contributed by atoms with Crippen LogP contribution in [-0.4, -0.2) is 36.4 Å². The van der Waals surface area contributed by atoms with E-state index in [1.165, 1.54) is 0 Å². The summed E-state index contributed by atoms with van der Waals surface area (Å²) in [6.07, 6.45) is 6.39. The molecule has 0 bridgehead atoms. The third-order valence-electron chi connectivity index (χ3n) is 5.40. The normalized spacial score (nSPS) is 11.5. The van der Waals surface area contributed by atoms with Crippen LogP contribution in [0.4, 0.5) is 11.4 Å². The highest BCUT2D eigenvalue weighted by molar-refractivity contribution is 6.49. The number of pyridine rings is 1. The first kappa shape index (κ1) is 31.4. The van der Waals surface area contributed by atoms with Gasteiger partial charge in [0.25, 0.3) is 0 Å². The van der Waals surface area contributed by atoms with E-state index < -0.39 is 6.10 Å². The summed E-state index contributed by atoms with van der Waals surface area (Å²) < 4.78 is 6.68. The number of halogens is 4. The van der Waals surface area contributed by atoms with E-state index in [2.05, 4.69) is 10.3 Å². The van der Waals surface area contributed by atoms with E-state index in [-0.39, 0.29) is 0 Å². The molecule has 0 saturated heterocycles. The lowest BCUT2D eigenvalue weighted by molar-refractivity contribution is 0.132. The fourth-order valence-corrected chi connectivity index (χ4v) is 4.06. The number of nitrogens with zero attached hydrogens (tertiary/aromatic N) is 2. The third-order valence-corrected chi connectivity index (χ3v) is 6.41. The first-order valence-corrected chi connectivity index (χ1v) is 13.6. The Labute approximate surface area is 239 Å². The highest BCUT2D eigenvalue weighted by Gasteiger charge is 2.11. The van der Waals surface area contributed by atoms with Crippen molar-refractivity contribution >= 4 is 58.1 Å². The molecule has 10 heteroatoms. The number of aliphatic hydroxyl groups excluding tert-OH is 1. The summed E-state index contributed by atoms with van der Waals surface area (Å²) in [6.45, 7) is 2.81. The minimum atomic E-state index is -0.664. The van der Waals surface area contributed by atoms with Gasteiger partial charge in [0.2, 0.25) is 0 Å². The smallest absolute Gasteiger partial charge is 0.0915 e. The van der Waals surface area contributed by atoms with Crippen molar-refractivity contribution < 1.29 is 9.84 Å². The van der Waals surface area contributed by atoms with E-state index in [4.69, 9.17) is 57.2 Å². The van der Waals surface area contributed by atoms with E-state index in [1.807, 2.05) is 54.7 Å². The molecule has 6 nitrogen and oxygen atoms in total. The summed E-state index contributed by atoms with van der Waals surface area (Å²) in [4.78, 5) is 4.28. The molecule has 0 radical (unpaired) electrons. The van der Waals surface area contributed by atoms with E-state index in [0.717, 1.165) is 67.2 Å². The molecule has 1 atom stereocenters. The highest BCUT2D eigenvalue weighted by atomic mass is 35.5. The zero-order valence-electron chi connectivity index (χ0n) is 20.6. The molecule has 202 valence electrons. The maximum atomic E-state index is 10.2. The topological polar surface area (TPSA) is 83.6 Å². The summed E-state index contributed by atoms with van der Waals surface area (Å²) in [7, 11) is 0. The molecule has 0 aliphatic rings. The second-order valence-electron chi connectivity index (χ2n) is 8.28. The minimum absolute atomic E-state index is 0.341. The minimum Gasteiger partial charge on any atom is -0.396 e. The summed E-state index contributed by atoms with van der Waals surface area (Å²) in [6, 6.07) is 18.5. The second-order valence-corrected chi connectivity index (χ2v) is 9.95. The molecular weight excluding hydrogens is 554 g/mol. The molecule has 0 spiro atoms. The van der Waals surface area contributed by atoms with E-state index in [0.29, 0.717) is 27.8 Å². The van der Waals surface area contributed by atoms with Crippen molar-refractivity contribution in [3.05, 3.63) is 88.2 Å². The van der Waals surface area contributed by atoms with Gasteiger partial charge < -0.3 is 20.9 Å². The van der Waals surface area contributed by atoms with Crippen molar-refractivity contribution in [3.8, 4) is 0 Å². The van der Waals surface area contributed by atoms with Gasteiger partial charge in [-0.3, -0.25) is 4.98 Å². The number of rotatable bonds is 14. The van der Waals surface area contributed by atoms with Crippen LogP contribution in [0, 0.1) is 0 Å². The number of hydrogen-bond donors (Lipinski definition) is 3. The Morgan fingerprint density at radius 1 is 0.919 bits per heavy atom. The van der Waals surface area contributed by atoms with Gasteiger partial charge in [0.15, 0.2) is 0 Å². The first-order valence-electron chi connectivity index (χ1n) is 12.2. The molecule has 0 aliphatic heterocycles. The molecule has 37 heavy (non-hydrogen) atoms. The van der Waals surface area contributed by atoms with Crippen molar-refractivity contribution in [3.63, 3.8) is 0 Å². The van der Waals surface area contributed by atoms with Crippen LogP contribution in [0.5, 0.6) is 0 Å². The second kappa shape index (κ2) is 18.5. The van der Waals surface area contributed by atoms with Gasteiger partial charge in [0.05, 0.1) is 34.1 Å². The Bertz CT molecular complexity index is 991. The first-order chi connectivity index (χ1) is 17.9. The van der Waals surface area contributed by atoms with Crippen LogP contribution < -0.4 is 15.0 Å². The van der Waals surface area contributed by atoms with Crippen molar-refractivity contribution in [2.24, 2.45) is 0 Å². The molecule has 0 saturated carbocycles. The van der Waals surface area contributed by atoms with Crippen LogP contribution >= 0.6 is 46.8 Å². The average Bonchev–Trinajstić information content (AvgIpc) is 2.91. The number of aliphatic hydroxyl groups is 1. The van der Waals surface area contributed by atoms with Crippen LogP contribution in [0.2, 0.25) is 10.0 Å². The van der Waals surface area contributed by atoms with Gasteiger partial charge in [-0.05, 0) is 61.3 Å². The van der Waals surface area contributed by atoms with Gasteiger partial charge in [-0.1, -0.05) is 60.3 Å². The quantitative estimate of drug-likeness (QED) is 0.105. The molecule has 1 heterocycles. The number of aromatic nitrogens is 1. The summed E-state index contributed by atoms with van der Waals surface area (Å²) in [5.74, 6) is 0. The average molecular weight is 588 g/mol.